The third kappa shape index (κ3) is 2.55. The van der Waals surface area contributed by atoms with Crippen molar-refractivity contribution in [3.8, 4) is 11.4 Å². The molecule has 0 saturated carbocycles. The van der Waals surface area contributed by atoms with Gasteiger partial charge in [-0.05, 0) is 24.6 Å². The third-order valence-corrected chi connectivity index (χ3v) is 4.70. The van der Waals surface area contributed by atoms with E-state index in [9.17, 15) is 4.39 Å². The lowest BCUT2D eigenvalue weighted by molar-refractivity contribution is 0.627. The van der Waals surface area contributed by atoms with Gasteiger partial charge < -0.3 is 0 Å². The molecule has 0 saturated heterocycles. The summed E-state index contributed by atoms with van der Waals surface area (Å²) in [6.07, 6.45) is 0. The van der Waals surface area contributed by atoms with Crippen LogP contribution in [0.4, 0.5) is 4.39 Å². The van der Waals surface area contributed by atoms with Gasteiger partial charge in [-0.15, -0.1) is 10.2 Å². The van der Waals surface area contributed by atoms with Gasteiger partial charge in [0.05, 0.1) is 11.0 Å². The lowest BCUT2D eigenvalue weighted by Crippen LogP contribution is -2.21. The van der Waals surface area contributed by atoms with Gasteiger partial charge in [0.15, 0.2) is 5.82 Å². The Labute approximate surface area is 137 Å². The quantitative estimate of drug-likeness (QED) is 0.719. The third-order valence-electron chi connectivity index (χ3n) is 3.66. The molecule has 0 spiro atoms. The van der Waals surface area contributed by atoms with E-state index in [0.29, 0.717) is 5.82 Å². The fourth-order valence-corrected chi connectivity index (χ4v) is 3.44. The number of hydrogen-bond acceptors (Lipinski definition) is 4. The first-order valence-electron chi connectivity index (χ1n) is 7.24. The molecule has 0 bridgehead atoms. The number of benzene rings is 2. The maximum atomic E-state index is 13.2. The standard InChI is InChI=1S/C17H13FN4S/c1-11-15(12-7-9-14(18)10-8-12)21-22-16(19-20-17(22)23-11)13-5-3-2-4-6-13/h2-11H,1H3/t11-/m0/s1. The van der Waals surface area contributed by atoms with Crippen LogP contribution >= 0.6 is 11.8 Å². The highest BCUT2D eigenvalue weighted by molar-refractivity contribution is 8.00. The van der Waals surface area contributed by atoms with Crippen molar-refractivity contribution in [2.75, 3.05) is 0 Å². The van der Waals surface area contributed by atoms with Gasteiger partial charge in [0, 0.05) is 5.56 Å². The Morgan fingerprint density at radius 2 is 1.70 bits per heavy atom. The highest BCUT2D eigenvalue weighted by Crippen LogP contribution is 2.32. The zero-order valence-corrected chi connectivity index (χ0v) is 13.2. The van der Waals surface area contributed by atoms with E-state index in [-0.39, 0.29) is 11.1 Å². The van der Waals surface area contributed by atoms with E-state index < -0.39 is 0 Å². The van der Waals surface area contributed by atoms with E-state index in [1.54, 1.807) is 28.6 Å². The first kappa shape index (κ1) is 14.1. The van der Waals surface area contributed by atoms with Crippen molar-refractivity contribution in [3.63, 3.8) is 0 Å². The number of aromatic nitrogens is 3. The van der Waals surface area contributed by atoms with Crippen molar-refractivity contribution in [3.05, 3.63) is 66.0 Å². The maximum absolute atomic E-state index is 13.2. The Balaban J connectivity index is 1.83. The van der Waals surface area contributed by atoms with Crippen LogP contribution in [0.25, 0.3) is 11.4 Å². The molecule has 0 N–H and O–H groups in total. The van der Waals surface area contributed by atoms with Gasteiger partial charge in [-0.25, -0.2) is 4.39 Å². The first-order valence-corrected chi connectivity index (χ1v) is 8.12. The highest BCUT2D eigenvalue weighted by atomic mass is 32.2. The Morgan fingerprint density at radius 1 is 0.957 bits per heavy atom. The second kappa shape index (κ2) is 5.62. The van der Waals surface area contributed by atoms with E-state index in [4.69, 9.17) is 5.10 Å². The Bertz CT molecular complexity index is 871. The van der Waals surface area contributed by atoms with E-state index in [1.807, 2.05) is 30.3 Å². The summed E-state index contributed by atoms with van der Waals surface area (Å²) >= 11 is 1.60. The van der Waals surface area contributed by atoms with E-state index in [1.165, 1.54) is 12.1 Å². The molecule has 0 radical (unpaired) electrons. The Hall–Kier alpha value is -2.47. The van der Waals surface area contributed by atoms with Crippen LogP contribution in [0.2, 0.25) is 0 Å². The van der Waals surface area contributed by atoms with Gasteiger partial charge >= 0.3 is 0 Å². The molecular formula is C17H13FN4S. The molecule has 0 fully saturated rings. The topological polar surface area (TPSA) is 43.1 Å². The SMILES string of the molecule is C[C@@H]1Sc2nnc(-c3ccccc3)n2N=C1c1ccc(F)cc1. The van der Waals surface area contributed by atoms with Crippen LogP contribution in [-0.2, 0) is 0 Å². The summed E-state index contributed by atoms with van der Waals surface area (Å²) in [5, 5.41) is 14.1. The number of rotatable bonds is 2. The van der Waals surface area contributed by atoms with Crippen LogP contribution in [0.1, 0.15) is 12.5 Å². The van der Waals surface area contributed by atoms with E-state index in [0.717, 1.165) is 22.0 Å². The summed E-state index contributed by atoms with van der Waals surface area (Å²) in [7, 11) is 0. The second-order valence-corrected chi connectivity index (χ2v) is 6.54. The molecule has 3 aromatic rings. The van der Waals surface area contributed by atoms with Crippen molar-refractivity contribution >= 4 is 17.5 Å². The minimum absolute atomic E-state index is 0.126. The molecule has 23 heavy (non-hydrogen) atoms. The molecule has 4 nitrogen and oxygen atoms in total. The average molecular weight is 324 g/mol. The summed E-state index contributed by atoms with van der Waals surface area (Å²) in [4.78, 5) is 0. The molecule has 2 aromatic carbocycles. The fraction of sp³-hybridized carbons (Fsp3) is 0.118. The van der Waals surface area contributed by atoms with Crippen LogP contribution in [0.3, 0.4) is 0 Å². The molecular weight excluding hydrogens is 311 g/mol. The van der Waals surface area contributed by atoms with E-state index >= 15 is 0 Å². The fourth-order valence-electron chi connectivity index (χ4n) is 2.51. The maximum Gasteiger partial charge on any atom is 0.213 e. The van der Waals surface area contributed by atoms with Gasteiger partial charge in [-0.1, -0.05) is 54.2 Å². The molecule has 0 aliphatic carbocycles. The van der Waals surface area contributed by atoms with Crippen LogP contribution in [0.15, 0.2) is 64.9 Å². The molecule has 0 unspecified atom stereocenters. The summed E-state index contributed by atoms with van der Waals surface area (Å²) in [5.74, 6) is 0.458. The normalized spacial score (nSPS) is 16.8. The predicted molar refractivity (Wildman–Crippen MR) is 89.1 cm³/mol. The van der Waals surface area contributed by atoms with Gasteiger partial charge in [-0.3, -0.25) is 0 Å². The summed E-state index contributed by atoms with van der Waals surface area (Å²) in [6, 6.07) is 16.2. The van der Waals surface area contributed by atoms with Crippen LogP contribution in [0, 0.1) is 5.82 Å². The number of nitrogens with zero attached hydrogens (tertiary/aromatic N) is 4. The van der Waals surface area contributed by atoms with Crippen LogP contribution in [0.5, 0.6) is 0 Å². The van der Waals surface area contributed by atoms with Crippen molar-refractivity contribution in [1.29, 1.82) is 0 Å². The average Bonchev–Trinajstić information content (AvgIpc) is 2.98. The molecule has 1 aliphatic rings. The number of thioether (sulfide) groups is 1. The van der Waals surface area contributed by atoms with Crippen LogP contribution in [-0.4, -0.2) is 25.8 Å². The second-order valence-electron chi connectivity index (χ2n) is 5.24. The smallest absolute Gasteiger partial charge is 0.207 e. The van der Waals surface area contributed by atoms with Crippen molar-refractivity contribution < 1.29 is 4.39 Å². The van der Waals surface area contributed by atoms with Gasteiger partial charge in [0.1, 0.15) is 5.82 Å². The minimum atomic E-state index is -0.250. The molecule has 1 atom stereocenters. The van der Waals surface area contributed by atoms with Crippen molar-refractivity contribution in [1.82, 2.24) is 14.9 Å². The highest BCUT2D eigenvalue weighted by Gasteiger charge is 2.26. The van der Waals surface area contributed by atoms with E-state index in [2.05, 4.69) is 17.1 Å². The summed E-state index contributed by atoms with van der Waals surface area (Å²) < 4.78 is 14.9. The molecule has 114 valence electrons. The lowest BCUT2D eigenvalue weighted by atomic mass is 10.1. The van der Waals surface area contributed by atoms with Gasteiger partial charge in [0.25, 0.3) is 0 Å². The van der Waals surface area contributed by atoms with Crippen LogP contribution < -0.4 is 0 Å². The summed E-state index contributed by atoms with van der Waals surface area (Å²) in [5.41, 5.74) is 2.76. The minimum Gasteiger partial charge on any atom is -0.207 e. The van der Waals surface area contributed by atoms with Crippen molar-refractivity contribution in [2.45, 2.75) is 17.3 Å². The molecule has 1 aliphatic heterocycles. The predicted octanol–water partition coefficient (Wildman–Crippen LogP) is 3.83. The Morgan fingerprint density at radius 3 is 2.43 bits per heavy atom. The first-order chi connectivity index (χ1) is 11.2. The lowest BCUT2D eigenvalue weighted by Gasteiger charge is -2.19. The zero-order chi connectivity index (χ0) is 15.8. The molecule has 0 amide bonds. The van der Waals surface area contributed by atoms with Gasteiger partial charge in [0.2, 0.25) is 5.16 Å². The Kier molecular flexibility index (Phi) is 3.46. The number of fused-ring (bicyclic) bond motifs is 1. The molecule has 6 heteroatoms. The largest absolute Gasteiger partial charge is 0.213 e. The monoisotopic (exact) mass is 324 g/mol. The molecule has 1 aromatic heterocycles. The van der Waals surface area contributed by atoms with Gasteiger partial charge in [-0.2, -0.15) is 9.78 Å². The van der Waals surface area contributed by atoms with Crippen molar-refractivity contribution in [2.24, 2.45) is 5.10 Å². The molecule has 4 rings (SSSR count). The number of halogens is 1. The zero-order valence-electron chi connectivity index (χ0n) is 12.3. The molecule has 2 heterocycles. The number of hydrogen-bond donors (Lipinski definition) is 0. The summed E-state index contributed by atoms with van der Waals surface area (Å²) in [6.45, 7) is 2.06.